The van der Waals surface area contributed by atoms with Crippen LogP contribution in [0, 0.1) is 5.92 Å². The van der Waals surface area contributed by atoms with Crippen LogP contribution in [0.3, 0.4) is 0 Å². The molecule has 0 unspecified atom stereocenters. The van der Waals surface area contributed by atoms with Crippen LogP contribution >= 0.6 is 7.60 Å². The number of ether oxygens (including phenoxy) is 1. The Hall–Kier alpha value is -4.53. The van der Waals surface area contributed by atoms with Gasteiger partial charge >= 0.3 is 13.8 Å². The molecule has 0 saturated heterocycles. The van der Waals surface area contributed by atoms with Gasteiger partial charge in [0.25, 0.3) is 5.91 Å². The number of aromatic nitrogens is 5. The number of pyridine rings is 1. The Morgan fingerprint density at radius 1 is 1.17 bits per heavy atom. The van der Waals surface area contributed by atoms with Crippen molar-refractivity contribution in [2.45, 2.75) is 32.7 Å². The minimum absolute atomic E-state index is 0.0146. The van der Waals surface area contributed by atoms with Gasteiger partial charge in [-0.25, -0.2) is 9.97 Å². The average Bonchev–Trinajstić information content (AvgIpc) is 3.48. The van der Waals surface area contributed by atoms with Crippen molar-refractivity contribution in [2.75, 3.05) is 38.0 Å². The summed E-state index contributed by atoms with van der Waals surface area (Å²) < 4.78 is 74.5. The van der Waals surface area contributed by atoms with Gasteiger partial charge in [0.2, 0.25) is 5.95 Å². The van der Waals surface area contributed by atoms with Crippen molar-refractivity contribution >= 4 is 36.6 Å². The van der Waals surface area contributed by atoms with Crippen molar-refractivity contribution in [1.29, 1.82) is 0 Å². The van der Waals surface area contributed by atoms with Gasteiger partial charge in [-0.2, -0.15) is 23.3 Å². The molecule has 13 nitrogen and oxygen atoms in total. The minimum Gasteiger partial charge on any atom is -0.495 e. The molecule has 3 N–H and O–H groups in total. The number of carbonyl (C=O) groups excluding carboxylic acids is 1. The smallest absolute Gasteiger partial charge is 0.421 e. The number of carbonyl (C=O) groups is 1. The number of nitrogens with zero attached hydrogens (tertiary/aromatic N) is 5. The highest BCUT2D eigenvalue weighted by atomic mass is 31.2. The fraction of sp³-hybridized carbons (Fsp3) is 0.345. The van der Waals surface area contributed by atoms with E-state index in [1.165, 1.54) is 20.2 Å². The predicted molar refractivity (Wildman–Crippen MR) is 163 cm³/mol. The van der Waals surface area contributed by atoms with Crippen molar-refractivity contribution in [2.24, 2.45) is 5.92 Å². The van der Waals surface area contributed by atoms with Crippen LogP contribution in [-0.4, -0.2) is 58.0 Å². The number of anilines is 4. The summed E-state index contributed by atoms with van der Waals surface area (Å²) in [6.45, 7) is 4.32. The summed E-state index contributed by atoms with van der Waals surface area (Å²) >= 11 is 0. The molecule has 2 atom stereocenters. The molecule has 0 aliphatic carbocycles. The number of benzene rings is 1. The molecule has 4 aliphatic heterocycles. The Bertz CT molecular complexity index is 1780. The topological polar surface area (TPSA) is 154 Å². The van der Waals surface area contributed by atoms with Crippen LogP contribution < -0.4 is 20.7 Å². The standard InChI is InChI=1S/C29H32F3N8O5P/c1-5-44-46(42)16-18-6-7-22(24(10-18)43-4)38-28-34-12-20(29(30,31)32)26(39-28)37-23-9-8-21(36-25(23)27(41)33-3)19-11-35-40(14-19)13-17(2)15-45-46/h6-12,14,17H,5,13,15-16H2,1-4H3,(H,33,41)(H2,34,37,38,39)/t17-,46+/m0/s1. The molecular weight excluding hydrogens is 628 g/mol. The summed E-state index contributed by atoms with van der Waals surface area (Å²) in [7, 11) is -0.795. The van der Waals surface area contributed by atoms with Gasteiger partial charge < -0.3 is 29.7 Å². The lowest BCUT2D eigenvalue weighted by atomic mass is 10.1. The molecule has 0 fully saturated rings. The van der Waals surface area contributed by atoms with Crippen LogP contribution in [0.15, 0.2) is 48.9 Å². The lowest BCUT2D eigenvalue weighted by Crippen LogP contribution is -2.21. The zero-order valence-electron chi connectivity index (χ0n) is 25.4. The number of hydrogen-bond donors (Lipinski definition) is 3. The van der Waals surface area contributed by atoms with Crippen molar-refractivity contribution in [3.8, 4) is 17.0 Å². The lowest BCUT2D eigenvalue weighted by Gasteiger charge is -2.21. The predicted octanol–water partition coefficient (Wildman–Crippen LogP) is 6.01. The maximum absolute atomic E-state index is 14.1. The fourth-order valence-corrected chi connectivity index (χ4v) is 6.48. The number of methoxy groups -OCH3 is 1. The van der Waals surface area contributed by atoms with Gasteiger partial charge in [0.15, 0.2) is 5.69 Å². The number of halogens is 3. The fourth-order valence-electron chi connectivity index (χ4n) is 4.70. The molecule has 1 amide bonds. The molecule has 17 heteroatoms. The minimum atomic E-state index is -4.83. The zero-order chi connectivity index (χ0) is 33.1. The van der Waals surface area contributed by atoms with E-state index in [1.807, 2.05) is 6.92 Å². The molecule has 1 aromatic carbocycles. The van der Waals surface area contributed by atoms with Crippen LogP contribution in [0.25, 0.3) is 11.3 Å². The molecule has 7 heterocycles. The van der Waals surface area contributed by atoms with Crippen LogP contribution in [0.4, 0.5) is 36.3 Å². The van der Waals surface area contributed by atoms with Crippen LogP contribution in [-0.2, 0) is 32.5 Å². The van der Waals surface area contributed by atoms with Crippen molar-refractivity contribution < 1.29 is 36.3 Å². The Balaban J connectivity index is 1.64. The molecule has 8 rings (SSSR count). The number of nitrogens with one attached hydrogen (secondary N) is 3. The van der Waals surface area contributed by atoms with Gasteiger partial charge in [0.05, 0.1) is 49.8 Å². The molecule has 0 radical (unpaired) electrons. The summed E-state index contributed by atoms with van der Waals surface area (Å²) in [4.78, 5) is 25.3. The second kappa shape index (κ2) is 13.4. The molecule has 0 spiro atoms. The summed E-state index contributed by atoms with van der Waals surface area (Å²) in [5, 5.41) is 12.4. The molecule has 0 saturated carbocycles. The third-order valence-electron chi connectivity index (χ3n) is 6.88. The Labute approximate surface area is 262 Å². The highest BCUT2D eigenvalue weighted by Crippen LogP contribution is 2.52. The van der Waals surface area contributed by atoms with E-state index in [2.05, 4.69) is 36.0 Å². The van der Waals surface area contributed by atoms with Gasteiger partial charge in [-0.3, -0.25) is 14.0 Å². The van der Waals surface area contributed by atoms with Gasteiger partial charge in [0.1, 0.15) is 17.1 Å². The SMILES string of the molecule is CCO[P@]1(=O)Cc2ccc(c(OC)c2)Nc2ncc(C(F)(F)F)c(n2)Nc2ccc(nc2C(=O)NC)-c2cnn(c2)C[C@H](C)CO1. The van der Waals surface area contributed by atoms with E-state index in [4.69, 9.17) is 13.8 Å². The quantitative estimate of drug-likeness (QED) is 0.221. The van der Waals surface area contributed by atoms with E-state index in [0.717, 1.165) is 0 Å². The lowest BCUT2D eigenvalue weighted by molar-refractivity contribution is -0.137. The monoisotopic (exact) mass is 660 g/mol. The van der Waals surface area contributed by atoms with Gasteiger partial charge in [-0.15, -0.1) is 0 Å². The van der Waals surface area contributed by atoms with E-state index in [0.29, 0.717) is 35.2 Å². The number of rotatable bonds is 4. The van der Waals surface area contributed by atoms with E-state index >= 15 is 0 Å². The van der Waals surface area contributed by atoms with E-state index in [9.17, 15) is 22.5 Å². The third kappa shape index (κ3) is 7.46. The Morgan fingerprint density at radius 3 is 2.67 bits per heavy atom. The maximum atomic E-state index is 14.1. The highest BCUT2D eigenvalue weighted by molar-refractivity contribution is 7.53. The van der Waals surface area contributed by atoms with E-state index in [1.54, 1.807) is 48.3 Å². The largest absolute Gasteiger partial charge is 0.495 e. The number of hydrogen-bond acceptors (Lipinski definition) is 11. The van der Waals surface area contributed by atoms with Gasteiger partial charge in [0, 0.05) is 31.5 Å². The first-order chi connectivity index (χ1) is 21.9. The van der Waals surface area contributed by atoms with Crippen molar-refractivity contribution in [3.63, 3.8) is 0 Å². The molecule has 4 aromatic rings. The first-order valence-electron chi connectivity index (χ1n) is 14.2. The first-order valence-corrected chi connectivity index (χ1v) is 15.9. The van der Waals surface area contributed by atoms with Crippen molar-refractivity contribution in [1.82, 2.24) is 30.0 Å². The zero-order valence-corrected chi connectivity index (χ0v) is 26.3. The molecule has 4 aliphatic rings. The summed E-state index contributed by atoms with van der Waals surface area (Å²) in [5.41, 5.74) is 0.491. The van der Waals surface area contributed by atoms with E-state index in [-0.39, 0.29) is 48.4 Å². The Morgan fingerprint density at radius 2 is 1.96 bits per heavy atom. The number of alkyl halides is 3. The van der Waals surface area contributed by atoms with Crippen LogP contribution in [0.1, 0.15) is 35.5 Å². The Kier molecular flexibility index (Phi) is 9.60. The third-order valence-corrected chi connectivity index (χ3v) is 8.83. The molecule has 46 heavy (non-hydrogen) atoms. The van der Waals surface area contributed by atoms with Crippen LogP contribution in [0.2, 0.25) is 0 Å². The molecule has 244 valence electrons. The van der Waals surface area contributed by atoms with E-state index < -0.39 is 31.1 Å². The van der Waals surface area contributed by atoms with Crippen molar-refractivity contribution in [3.05, 3.63) is 65.7 Å². The number of amides is 1. The molecule has 8 bridgehead atoms. The summed E-state index contributed by atoms with van der Waals surface area (Å²) in [6.07, 6.45) is -0.975. The van der Waals surface area contributed by atoms with Crippen LogP contribution in [0.5, 0.6) is 5.75 Å². The second-order valence-electron chi connectivity index (χ2n) is 10.4. The average molecular weight is 661 g/mol. The normalized spacial score (nSPS) is 18.5. The molecule has 3 aromatic heterocycles. The van der Waals surface area contributed by atoms with Gasteiger partial charge in [-0.05, 0) is 42.7 Å². The second-order valence-corrected chi connectivity index (χ2v) is 12.5. The summed E-state index contributed by atoms with van der Waals surface area (Å²) in [5.74, 6) is -1.29. The highest BCUT2D eigenvalue weighted by Gasteiger charge is 2.36. The maximum Gasteiger partial charge on any atom is 0.421 e. The molecular formula is C29H32F3N8O5P. The van der Waals surface area contributed by atoms with Gasteiger partial charge in [-0.1, -0.05) is 13.0 Å². The summed E-state index contributed by atoms with van der Waals surface area (Å²) in [6, 6.07) is 7.85. The first kappa shape index (κ1) is 32.9.